The molecular weight excluding hydrogens is 523 g/mol. The Morgan fingerprint density at radius 3 is 2.53 bits per heavy atom. The molecule has 4 heterocycles. The van der Waals surface area contributed by atoms with Crippen LogP contribution in [0, 0.1) is 6.92 Å². The SMILES string of the molecule is Cc1cc(Nc2ncc3c(n2)N2CCN=C2N(c2c(Cl)cccc2Cl)C3=O)ccc1N1CC(C)NC(C)C1. The number of piperazine rings is 1. The number of rotatable bonds is 4. The van der Waals surface area contributed by atoms with Gasteiger partial charge in [0.15, 0.2) is 5.82 Å². The molecule has 2 atom stereocenters. The number of carbonyl (C=O) groups excluding carboxylic acids is 1. The number of halogens is 2. The number of nitrogens with one attached hydrogen (secondary N) is 2. The molecule has 196 valence electrons. The summed E-state index contributed by atoms with van der Waals surface area (Å²) in [5.41, 5.74) is 4.04. The maximum Gasteiger partial charge on any atom is 0.270 e. The Kier molecular flexibility index (Phi) is 6.37. The highest BCUT2D eigenvalue weighted by molar-refractivity contribution is 6.43. The van der Waals surface area contributed by atoms with Gasteiger partial charge in [0.25, 0.3) is 5.91 Å². The predicted octanol–water partition coefficient (Wildman–Crippen LogP) is 4.86. The van der Waals surface area contributed by atoms with Gasteiger partial charge in [-0.05, 0) is 56.7 Å². The molecule has 1 fully saturated rings. The molecule has 0 radical (unpaired) electrons. The fourth-order valence-electron chi connectivity index (χ4n) is 5.47. The largest absolute Gasteiger partial charge is 0.368 e. The molecule has 11 heteroatoms. The van der Waals surface area contributed by atoms with Crippen LogP contribution in [-0.4, -0.2) is 60.1 Å². The van der Waals surface area contributed by atoms with Gasteiger partial charge in [-0.3, -0.25) is 14.7 Å². The molecule has 3 aromatic rings. The number of aliphatic imine (C=N–C) groups is 1. The third-order valence-electron chi connectivity index (χ3n) is 6.99. The van der Waals surface area contributed by atoms with Gasteiger partial charge in [-0.25, -0.2) is 9.88 Å². The molecule has 2 unspecified atom stereocenters. The van der Waals surface area contributed by atoms with Crippen LogP contribution in [0.15, 0.2) is 47.6 Å². The van der Waals surface area contributed by atoms with Gasteiger partial charge in [-0.2, -0.15) is 4.98 Å². The number of hydrogen-bond acceptors (Lipinski definition) is 8. The number of carbonyl (C=O) groups is 1. The van der Waals surface area contributed by atoms with Crippen molar-refractivity contribution in [3.8, 4) is 0 Å². The minimum Gasteiger partial charge on any atom is -0.368 e. The summed E-state index contributed by atoms with van der Waals surface area (Å²) in [6.07, 6.45) is 1.55. The number of amides is 1. The standard InChI is InChI=1S/C27H28Cl2N8O/c1-15-11-18(7-8-22(15)35-13-16(2)32-17(3)14-35)33-26-31-12-19-24(34-26)36-10-9-30-27(36)37(25(19)38)23-20(28)5-4-6-21(23)29/h4-8,11-12,16-17,32H,9-10,13-14H2,1-3H3,(H,31,33,34). The van der Waals surface area contributed by atoms with Crippen LogP contribution >= 0.6 is 23.2 Å². The van der Waals surface area contributed by atoms with Gasteiger partial charge in [0.05, 0.1) is 22.3 Å². The van der Waals surface area contributed by atoms with Gasteiger partial charge < -0.3 is 15.5 Å². The predicted molar refractivity (Wildman–Crippen MR) is 154 cm³/mol. The molecule has 1 aromatic heterocycles. The first-order valence-corrected chi connectivity index (χ1v) is 13.4. The normalized spacial score (nSPS) is 20.8. The van der Waals surface area contributed by atoms with Crippen molar-refractivity contribution in [2.24, 2.45) is 4.99 Å². The number of benzene rings is 2. The lowest BCUT2D eigenvalue weighted by Crippen LogP contribution is -2.54. The molecule has 0 aliphatic carbocycles. The van der Waals surface area contributed by atoms with Gasteiger partial charge in [-0.15, -0.1) is 0 Å². The van der Waals surface area contributed by atoms with E-state index < -0.39 is 0 Å². The maximum absolute atomic E-state index is 13.6. The van der Waals surface area contributed by atoms with Crippen molar-refractivity contribution in [2.45, 2.75) is 32.9 Å². The molecule has 3 aliphatic rings. The molecule has 3 aliphatic heterocycles. The third kappa shape index (κ3) is 4.34. The van der Waals surface area contributed by atoms with Crippen LogP contribution in [0.2, 0.25) is 10.0 Å². The highest BCUT2D eigenvalue weighted by Gasteiger charge is 2.41. The molecule has 1 amide bonds. The van der Waals surface area contributed by atoms with Crippen LogP contribution in [0.5, 0.6) is 0 Å². The van der Waals surface area contributed by atoms with Gasteiger partial charge in [-0.1, -0.05) is 29.3 Å². The Hall–Kier alpha value is -3.40. The first-order valence-electron chi connectivity index (χ1n) is 12.7. The summed E-state index contributed by atoms with van der Waals surface area (Å²) in [4.78, 5) is 33.2. The fraction of sp³-hybridized carbons (Fsp3) is 0.333. The minimum atomic E-state index is -0.321. The average Bonchev–Trinajstić information content (AvgIpc) is 3.35. The van der Waals surface area contributed by atoms with Crippen LogP contribution in [0.25, 0.3) is 0 Å². The van der Waals surface area contributed by atoms with E-state index in [1.54, 1.807) is 24.4 Å². The van der Waals surface area contributed by atoms with E-state index in [0.717, 1.165) is 18.8 Å². The zero-order valence-corrected chi connectivity index (χ0v) is 22.9. The number of nitrogens with zero attached hydrogens (tertiary/aromatic N) is 6. The lowest BCUT2D eigenvalue weighted by molar-refractivity contribution is 0.1000. The fourth-order valence-corrected chi connectivity index (χ4v) is 6.04. The highest BCUT2D eigenvalue weighted by Crippen LogP contribution is 2.39. The Morgan fingerprint density at radius 1 is 1.08 bits per heavy atom. The minimum absolute atomic E-state index is 0.321. The monoisotopic (exact) mass is 550 g/mol. The number of para-hydroxylation sites is 1. The lowest BCUT2D eigenvalue weighted by Gasteiger charge is -2.38. The molecular formula is C27H28Cl2N8O. The van der Waals surface area contributed by atoms with Crippen molar-refractivity contribution in [1.82, 2.24) is 15.3 Å². The first-order chi connectivity index (χ1) is 18.3. The first kappa shape index (κ1) is 24.9. The van der Waals surface area contributed by atoms with E-state index in [-0.39, 0.29) is 5.91 Å². The number of guanidine groups is 1. The number of anilines is 5. The summed E-state index contributed by atoms with van der Waals surface area (Å²) in [5.74, 6) is 1.06. The number of aryl methyl sites for hydroxylation is 1. The molecule has 0 saturated carbocycles. The summed E-state index contributed by atoms with van der Waals surface area (Å²) >= 11 is 12.9. The number of fused-ring (bicyclic) bond motifs is 3. The summed E-state index contributed by atoms with van der Waals surface area (Å²) in [7, 11) is 0. The second-order valence-electron chi connectivity index (χ2n) is 9.98. The van der Waals surface area contributed by atoms with E-state index >= 15 is 0 Å². The topological polar surface area (TPSA) is 89.0 Å². The van der Waals surface area contributed by atoms with Crippen molar-refractivity contribution in [3.63, 3.8) is 0 Å². The smallest absolute Gasteiger partial charge is 0.270 e. The number of hydrogen-bond donors (Lipinski definition) is 2. The van der Waals surface area contributed by atoms with Crippen molar-refractivity contribution < 1.29 is 4.79 Å². The summed E-state index contributed by atoms with van der Waals surface area (Å²) in [6, 6.07) is 12.3. The molecule has 1 saturated heterocycles. The molecule has 0 bridgehead atoms. The van der Waals surface area contributed by atoms with Gasteiger partial charge >= 0.3 is 0 Å². The average molecular weight is 551 g/mol. The van der Waals surface area contributed by atoms with Crippen molar-refractivity contribution in [2.75, 3.05) is 46.2 Å². The van der Waals surface area contributed by atoms with E-state index in [1.807, 2.05) is 11.0 Å². The molecule has 9 nitrogen and oxygen atoms in total. The van der Waals surface area contributed by atoms with Crippen molar-refractivity contribution in [1.29, 1.82) is 0 Å². The maximum atomic E-state index is 13.6. The van der Waals surface area contributed by atoms with Gasteiger partial charge in [0, 0.05) is 49.3 Å². The van der Waals surface area contributed by atoms with Crippen LogP contribution in [-0.2, 0) is 0 Å². The van der Waals surface area contributed by atoms with Crippen molar-refractivity contribution in [3.05, 3.63) is 63.8 Å². The molecule has 0 spiro atoms. The third-order valence-corrected chi connectivity index (χ3v) is 7.60. The second-order valence-corrected chi connectivity index (χ2v) is 10.8. The van der Waals surface area contributed by atoms with Crippen LogP contribution in [0.3, 0.4) is 0 Å². The van der Waals surface area contributed by atoms with E-state index in [1.165, 1.54) is 16.2 Å². The Balaban J connectivity index is 1.29. The summed E-state index contributed by atoms with van der Waals surface area (Å²) in [6.45, 7) is 9.59. The zero-order valence-electron chi connectivity index (χ0n) is 21.4. The Bertz CT molecular complexity index is 1430. The van der Waals surface area contributed by atoms with Crippen LogP contribution in [0.1, 0.15) is 29.8 Å². The summed E-state index contributed by atoms with van der Waals surface area (Å²) < 4.78 is 0. The zero-order chi connectivity index (χ0) is 26.6. The van der Waals surface area contributed by atoms with E-state index in [9.17, 15) is 4.79 Å². The van der Waals surface area contributed by atoms with Crippen LogP contribution < -0.4 is 25.3 Å². The van der Waals surface area contributed by atoms with E-state index in [4.69, 9.17) is 28.2 Å². The van der Waals surface area contributed by atoms with Gasteiger partial charge in [0.1, 0.15) is 5.56 Å². The van der Waals surface area contributed by atoms with Gasteiger partial charge in [0.2, 0.25) is 11.9 Å². The van der Waals surface area contributed by atoms with Crippen LogP contribution in [0.4, 0.5) is 28.8 Å². The van der Waals surface area contributed by atoms with Crippen molar-refractivity contribution >= 4 is 63.9 Å². The molecule has 2 N–H and O–H groups in total. The quantitative estimate of drug-likeness (QED) is 0.479. The summed E-state index contributed by atoms with van der Waals surface area (Å²) in [5, 5.41) is 7.63. The Labute approximate surface area is 231 Å². The lowest BCUT2D eigenvalue weighted by atomic mass is 10.1. The molecule has 6 rings (SSSR count). The molecule has 38 heavy (non-hydrogen) atoms. The highest BCUT2D eigenvalue weighted by atomic mass is 35.5. The second kappa shape index (κ2) is 9.72. The Morgan fingerprint density at radius 2 is 1.82 bits per heavy atom. The molecule has 2 aromatic carbocycles. The van der Waals surface area contributed by atoms with E-state index in [2.05, 4.69) is 58.4 Å². The number of aromatic nitrogens is 2. The van der Waals surface area contributed by atoms with E-state index in [0.29, 0.717) is 64.2 Å².